The maximum Gasteiger partial charge on any atom is 0.149 e. The van der Waals surface area contributed by atoms with Crippen molar-refractivity contribution in [3.63, 3.8) is 0 Å². The van der Waals surface area contributed by atoms with E-state index in [2.05, 4.69) is 32.5 Å². The maximum atomic E-state index is 5.75. The second kappa shape index (κ2) is 3.40. The minimum atomic E-state index is 0.604. The van der Waals surface area contributed by atoms with E-state index in [4.69, 9.17) is 5.73 Å². The number of hydrogen-bond acceptors (Lipinski definition) is 3. The van der Waals surface area contributed by atoms with Gasteiger partial charge in [-0.2, -0.15) is 5.10 Å². The van der Waals surface area contributed by atoms with Crippen molar-refractivity contribution in [1.29, 1.82) is 0 Å². The van der Waals surface area contributed by atoms with E-state index in [0.29, 0.717) is 5.82 Å². The molecule has 0 radical (unpaired) electrons. The van der Waals surface area contributed by atoms with Crippen molar-refractivity contribution in [2.24, 2.45) is 7.05 Å². The van der Waals surface area contributed by atoms with Crippen LogP contribution < -0.4 is 5.73 Å². The summed E-state index contributed by atoms with van der Waals surface area (Å²) < 4.78 is 2.92. The molecule has 74 valence electrons. The van der Waals surface area contributed by atoms with E-state index >= 15 is 0 Å². The lowest BCUT2D eigenvalue weighted by Gasteiger charge is -1.98. The van der Waals surface area contributed by atoms with Gasteiger partial charge in [-0.05, 0) is 28.9 Å². The van der Waals surface area contributed by atoms with E-state index in [0.717, 1.165) is 15.7 Å². The van der Waals surface area contributed by atoms with E-state index in [9.17, 15) is 0 Å². The first-order chi connectivity index (χ1) is 6.59. The molecule has 2 rings (SSSR count). The first-order valence-corrected chi connectivity index (χ1v) is 5.80. The molecule has 2 heterocycles. The van der Waals surface area contributed by atoms with Crippen LogP contribution in [0.3, 0.4) is 0 Å². The van der Waals surface area contributed by atoms with Crippen molar-refractivity contribution in [3.05, 3.63) is 21.5 Å². The van der Waals surface area contributed by atoms with Gasteiger partial charge in [0.25, 0.3) is 0 Å². The molecular formula is C9H10BrN3S. The number of nitrogens with zero attached hydrogens (tertiary/aromatic N) is 2. The van der Waals surface area contributed by atoms with Crippen molar-refractivity contribution in [1.82, 2.24) is 9.78 Å². The van der Waals surface area contributed by atoms with Crippen LogP contribution in [0, 0.1) is 6.92 Å². The number of halogens is 1. The SMILES string of the molecule is Cc1c(N)nn(C)c1-c1cc(Br)cs1. The van der Waals surface area contributed by atoms with E-state index in [1.165, 1.54) is 4.88 Å². The second-order valence-electron chi connectivity index (χ2n) is 3.11. The molecule has 3 nitrogen and oxygen atoms in total. The van der Waals surface area contributed by atoms with Gasteiger partial charge in [-0.15, -0.1) is 11.3 Å². The highest BCUT2D eigenvalue weighted by Crippen LogP contribution is 2.33. The van der Waals surface area contributed by atoms with Crippen molar-refractivity contribution >= 4 is 33.1 Å². The highest BCUT2D eigenvalue weighted by Gasteiger charge is 2.13. The van der Waals surface area contributed by atoms with Crippen LogP contribution >= 0.6 is 27.3 Å². The first kappa shape index (κ1) is 9.73. The summed E-state index contributed by atoms with van der Waals surface area (Å²) in [7, 11) is 1.91. The molecule has 2 N–H and O–H groups in total. The summed E-state index contributed by atoms with van der Waals surface area (Å²) in [5.41, 5.74) is 7.89. The van der Waals surface area contributed by atoms with Crippen LogP contribution in [0.5, 0.6) is 0 Å². The van der Waals surface area contributed by atoms with Crippen molar-refractivity contribution in [2.45, 2.75) is 6.92 Å². The zero-order valence-electron chi connectivity index (χ0n) is 7.91. The van der Waals surface area contributed by atoms with Gasteiger partial charge < -0.3 is 5.73 Å². The Labute approximate surface area is 94.7 Å². The Bertz CT molecular complexity index is 472. The van der Waals surface area contributed by atoms with Crippen molar-refractivity contribution in [3.8, 4) is 10.6 Å². The minimum absolute atomic E-state index is 0.604. The van der Waals surface area contributed by atoms with Gasteiger partial charge in [-0.25, -0.2) is 0 Å². The van der Waals surface area contributed by atoms with Gasteiger partial charge in [0.05, 0.1) is 10.6 Å². The van der Waals surface area contributed by atoms with Crippen molar-refractivity contribution in [2.75, 3.05) is 5.73 Å². The molecule has 14 heavy (non-hydrogen) atoms. The predicted molar refractivity (Wildman–Crippen MR) is 63.4 cm³/mol. The number of thiophene rings is 1. The molecule has 0 aliphatic carbocycles. The van der Waals surface area contributed by atoms with Gasteiger partial charge in [0.2, 0.25) is 0 Å². The van der Waals surface area contributed by atoms with Crippen molar-refractivity contribution < 1.29 is 0 Å². The fourth-order valence-corrected chi connectivity index (χ4v) is 2.99. The van der Waals surface area contributed by atoms with Crippen LogP contribution in [0.15, 0.2) is 15.9 Å². The Morgan fingerprint density at radius 2 is 2.29 bits per heavy atom. The molecule has 5 heteroatoms. The van der Waals surface area contributed by atoms with E-state index < -0.39 is 0 Å². The second-order valence-corrected chi connectivity index (χ2v) is 4.94. The molecular weight excluding hydrogens is 262 g/mol. The number of anilines is 1. The summed E-state index contributed by atoms with van der Waals surface area (Å²) in [5, 5.41) is 6.24. The fraction of sp³-hybridized carbons (Fsp3) is 0.222. The molecule has 0 saturated carbocycles. The predicted octanol–water partition coefficient (Wildman–Crippen LogP) is 2.80. The van der Waals surface area contributed by atoms with Crippen LogP contribution in [-0.2, 0) is 7.05 Å². The lowest BCUT2D eigenvalue weighted by molar-refractivity contribution is 0.781. The molecule has 0 aliphatic heterocycles. The Balaban J connectivity index is 2.61. The zero-order chi connectivity index (χ0) is 10.3. The van der Waals surface area contributed by atoms with Gasteiger partial charge in [-0.1, -0.05) is 0 Å². The zero-order valence-corrected chi connectivity index (χ0v) is 10.3. The van der Waals surface area contributed by atoms with E-state index in [1.807, 2.05) is 18.7 Å². The average Bonchev–Trinajstić information content (AvgIpc) is 2.60. The number of aryl methyl sites for hydroxylation is 1. The normalized spacial score (nSPS) is 10.8. The number of nitrogen functional groups attached to an aromatic ring is 1. The molecule has 0 aromatic carbocycles. The lowest BCUT2D eigenvalue weighted by Crippen LogP contribution is -1.93. The molecule has 0 spiro atoms. The number of rotatable bonds is 1. The third kappa shape index (κ3) is 1.46. The Hall–Kier alpha value is -0.810. The molecule has 0 fully saturated rings. The van der Waals surface area contributed by atoms with Gasteiger partial charge >= 0.3 is 0 Å². The average molecular weight is 272 g/mol. The van der Waals surface area contributed by atoms with Gasteiger partial charge in [0.15, 0.2) is 0 Å². The van der Waals surface area contributed by atoms with Gasteiger partial charge in [0, 0.05) is 22.5 Å². The Morgan fingerprint density at radius 3 is 2.71 bits per heavy atom. The number of aromatic nitrogens is 2. The molecule has 2 aromatic heterocycles. The fourth-order valence-electron chi connectivity index (χ4n) is 1.43. The largest absolute Gasteiger partial charge is 0.382 e. The Morgan fingerprint density at radius 1 is 1.57 bits per heavy atom. The molecule has 0 atom stereocenters. The summed E-state index contributed by atoms with van der Waals surface area (Å²) in [6, 6.07) is 2.08. The highest BCUT2D eigenvalue weighted by atomic mass is 79.9. The molecule has 0 aliphatic rings. The minimum Gasteiger partial charge on any atom is -0.382 e. The summed E-state index contributed by atoms with van der Waals surface area (Å²) in [5.74, 6) is 0.604. The maximum absolute atomic E-state index is 5.75. The summed E-state index contributed by atoms with van der Waals surface area (Å²) in [6.45, 7) is 1.99. The quantitative estimate of drug-likeness (QED) is 0.867. The monoisotopic (exact) mass is 271 g/mol. The first-order valence-electron chi connectivity index (χ1n) is 4.13. The van der Waals surface area contributed by atoms with Crippen LogP contribution in [-0.4, -0.2) is 9.78 Å². The summed E-state index contributed by atoms with van der Waals surface area (Å²) >= 11 is 5.12. The van der Waals surface area contributed by atoms with Gasteiger partial charge in [-0.3, -0.25) is 4.68 Å². The standard InChI is InChI=1S/C9H10BrN3S/c1-5-8(13(2)12-9(5)11)7-3-6(10)4-14-7/h3-4H,1-2H3,(H2,11,12). The third-order valence-corrected chi connectivity index (χ3v) is 3.82. The van der Waals surface area contributed by atoms with Crippen LogP contribution in [0.1, 0.15) is 5.56 Å². The number of nitrogens with two attached hydrogens (primary N) is 1. The van der Waals surface area contributed by atoms with Crippen LogP contribution in [0.25, 0.3) is 10.6 Å². The van der Waals surface area contributed by atoms with Crippen LogP contribution in [0.4, 0.5) is 5.82 Å². The highest BCUT2D eigenvalue weighted by molar-refractivity contribution is 9.10. The molecule has 2 aromatic rings. The lowest BCUT2D eigenvalue weighted by atomic mass is 10.2. The molecule has 0 bridgehead atoms. The summed E-state index contributed by atoms with van der Waals surface area (Å²) in [4.78, 5) is 1.18. The van der Waals surface area contributed by atoms with Crippen LogP contribution in [0.2, 0.25) is 0 Å². The summed E-state index contributed by atoms with van der Waals surface area (Å²) in [6.07, 6.45) is 0. The Kier molecular flexibility index (Phi) is 2.36. The molecule has 0 unspecified atom stereocenters. The molecule has 0 saturated heterocycles. The van der Waals surface area contributed by atoms with E-state index in [1.54, 1.807) is 11.3 Å². The van der Waals surface area contributed by atoms with Gasteiger partial charge in [0.1, 0.15) is 5.82 Å². The number of hydrogen-bond donors (Lipinski definition) is 1. The topological polar surface area (TPSA) is 43.8 Å². The smallest absolute Gasteiger partial charge is 0.149 e. The molecule has 0 amide bonds. The third-order valence-electron chi connectivity index (χ3n) is 2.12. The van der Waals surface area contributed by atoms with E-state index in [-0.39, 0.29) is 0 Å².